The molecular weight excluding hydrogens is 1190 g/mol. The Balaban J connectivity index is 5.23. The Labute approximate surface area is 549 Å². The van der Waals surface area contributed by atoms with E-state index in [1.54, 1.807) is 0 Å². The standard InChI is InChI=1S/C71H138O17P2/c1-61(2)47-39-31-23-17-12-10-9-11-13-21-27-37-45-53-70(75)88-67(58-82-69(74)52-44-36-30-29-34-42-50-64(7)8)60-86-90(79,80)84-56-65(72)55-83-89(77,78)85-59-66(87-71(76)54-46-38-28-22-16-19-25-33-41-49-63(5)6)57-81-68(73)51-43-35-26-20-15-14-18-24-32-40-48-62(3)4/h61-67,72H,9-60H2,1-8H3,(H,77,78)(H,79,80)/t65-,66-,67-/m1/s1. The van der Waals surface area contributed by atoms with E-state index in [1.165, 1.54) is 148 Å². The van der Waals surface area contributed by atoms with Gasteiger partial charge in [-0.05, 0) is 49.4 Å². The quantitative estimate of drug-likeness (QED) is 0.0222. The van der Waals surface area contributed by atoms with Crippen LogP contribution in [0.5, 0.6) is 0 Å². The van der Waals surface area contributed by atoms with Gasteiger partial charge in [0.1, 0.15) is 19.3 Å². The van der Waals surface area contributed by atoms with E-state index in [1.807, 2.05) is 0 Å². The smallest absolute Gasteiger partial charge is 0.462 e. The third-order valence-electron chi connectivity index (χ3n) is 16.3. The fourth-order valence-corrected chi connectivity index (χ4v) is 12.2. The van der Waals surface area contributed by atoms with Gasteiger partial charge < -0.3 is 33.8 Å². The summed E-state index contributed by atoms with van der Waals surface area (Å²) in [7, 11) is -9.90. The average molecular weight is 1330 g/mol. The number of ether oxygens (including phenoxy) is 4. The predicted molar refractivity (Wildman–Crippen MR) is 363 cm³/mol. The second-order valence-corrected chi connectivity index (χ2v) is 30.4. The molecule has 0 aliphatic heterocycles. The number of phosphoric acid groups is 2. The Morgan fingerprint density at radius 2 is 0.467 bits per heavy atom. The first-order chi connectivity index (χ1) is 43.1. The summed E-state index contributed by atoms with van der Waals surface area (Å²) >= 11 is 0. The van der Waals surface area contributed by atoms with Gasteiger partial charge >= 0.3 is 39.5 Å². The van der Waals surface area contributed by atoms with E-state index in [0.717, 1.165) is 114 Å². The van der Waals surface area contributed by atoms with Crippen LogP contribution in [-0.4, -0.2) is 96.7 Å². The molecule has 0 rings (SSSR count). The van der Waals surface area contributed by atoms with Crippen molar-refractivity contribution in [3.8, 4) is 0 Å². The lowest BCUT2D eigenvalue weighted by molar-refractivity contribution is -0.161. The summed E-state index contributed by atoms with van der Waals surface area (Å²) in [6, 6.07) is 0. The van der Waals surface area contributed by atoms with Gasteiger partial charge in [-0.3, -0.25) is 37.3 Å². The lowest BCUT2D eigenvalue weighted by atomic mass is 10.0. The molecule has 17 nitrogen and oxygen atoms in total. The molecule has 534 valence electrons. The third-order valence-corrected chi connectivity index (χ3v) is 18.2. The zero-order chi connectivity index (χ0) is 66.8. The summed E-state index contributed by atoms with van der Waals surface area (Å²) in [5, 5.41) is 10.6. The second kappa shape index (κ2) is 60.7. The normalized spacial score (nSPS) is 14.3. The van der Waals surface area contributed by atoms with Gasteiger partial charge in [0, 0.05) is 25.7 Å². The second-order valence-electron chi connectivity index (χ2n) is 27.5. The first-order valence-electron chi connectivity index (χ1n) is 36.7. The summed E-state index contributed by atoms with van der Waals surface area (Å²) in [5.41, 5.74) is 0. The summed E-state index contributed by atoms with van der Waals surface area (Å²) < 4.78 is 68.3. The molecule has 0 aromatic heterocycles. The number of aliphatic hydroxyl groups excluding tert-OH is 1. The number of phosphoric ester groups is 2. The zero-order valence-corrected chi connectivity index (χ0v) is 60.6. The predicted octanol–water partition coefficient (Wildman–Crippen LogP) is 20.1. The number of carbonyl (C=O) groups is 4. The molecular formula is C71H138O17P2. The van der Waals surface area contributed by atoms with Gasteiger partial charge in [0.05, 0.1) is 26.4 Å². The van der Waals surface area contributed by atoms with Crippen LogP contribution in [-0.2, 0) is 65.4 Å². The summed E-state index contributed by atoms with van der Waals surface area (Å²) in [4.78, 5) is 72.6. The number of unbranched alkanes of at least 4 members (excludes halogenated alkanes) is 34. The van der Waals surface area contributed by atoms with Crippen molar-refractivity contribution in [2.45, 2.75) is 369 Å². The Kier molecular flexibility index (Phi) is 59.4. The molecule has 0 aromatic carbocycles. The minimum atomic E-state index is -4.95. The number of carbonyl (C=O) groups excluding carboxylic acids is 4. The van der Waals surface area contributed by atoms with Crippen LogP contribution in [0.2, 0.25) is 0 Å². The lowest BCUT2D eigenvalue weighted by Gasteiger charge is -2.21. The van der Waals surface area contributed by atoms with Gasteiger partial charge in [0.2, 0.25) is 0 Å². The molecule has 0 saturated heterocycles. The van der Waals surface area contributed by atoms with E-state index < -0.39 is 97.5 Å². The van der Waals surface area contributed by atoms with E-state index in [4.69, 9.17) is 37.0 Å². The molecule has 0 radical (unpaired) electrons. The minimum absolute atomic E-state index is 0.104. The van der Waals surface area contributed by atoms with Crippen molar-refractivity contribution in [2.24, 2.45) is 23.7 Å². The largest absolute Gasteiger partial charge is 0.472 e. The fourth-order valence-electron chi connectivity index (χ4n) is 10.7. The van der Waals surface area contributed by atoms with Crippen LogP contribution in [0, 0.1) is 23.7 Å². The van der Waals surface area contributed by atoms with Crippen molar-refractivity contribution in [3.05, 3.63) is 0 Å². The lowest BCUT2D eigenvalue weighted by Crippen LogP contribution is -2.30. The van der Waals surface area contributed by atoms with Crippen molar-refractivity contribution >= 4 is 39.5 Å². The van der Waals surface area contributed by atoms with E-state index >= 15 is 0 Å². The fraction of sp³-hybridized carbons (Fsp3) is 0.944. The van der Waals surface area contributed by atoms with Crippen molar-refractivity contribution in [1.82, 2.24) is 0 Å². The molecule has 3 N–H and O–H groups in total. The molecule has 0 fully saturated rings. The van der Waals surface area contributed by atoms with E-state index in [-0.39, 0.29) is 25.7 Å². The van der Waals surface area contributed by atoms with Gasteiger partial charge in [-0.2, -0.15) is 0 Å². The van der Waals surface area contributed by atoms with Crippen LogP contribution in [0.25, 0.3) is 0 Å². The van der Waals surface area contributed by atoms with Crippen molar-refractivity contribution < 1.29 is 80.2 Å². The summed E-state index contributed by atoms with van der Waals surface area (Å²) in [6.45, 7) is 14.1. The zero-order valence-electron chi connectivity index (χ0n) is 58.8. The van der Waals surface area contributed by atoms with Crippen molar-refractivity contribution in [1.29, 1.82) is 0 Å². The highest BCUT2D eigenvalue weighted by Gasteiger charge is 2.30. The molecule has 0 aliphatic carbocycles. The Morgan fingerprint density at radius 1 is 0.278 bits per heavy atom. The maximum absolute atomic E-state index is 13.0. The topological polar surface area (TPSA) is 237 Å². The Bertz CT molecular complexity index is 1780. The summed E-state index contributed by atoms with van der Waals surface area (Å²) in [5.74, 6) is 0.831. The molecule has 0 bridgehead atoms. The molecule has 90 heavy (non-hydrogen) atoms. The monoisotopic (exact) mass is 1320 g/mol. The van der Waals surface area contributed by atoms with Crippen LogP contribution in [0.3, 0.4) is 0 Å². The van der Waals surface area contributed by atoms with Gasteiger partial charge in [-0.1, -0.05) is 299 Å². The van der Waals surface area contributed by atoms with Crippen LogP contribution in [0.15, 0.2) is 0 Å². The molecule has 19 heteroatoms. The molecule has 0 aliphatic rings. The highest BCUT2D eigenvalue weighted by atomic mass is 31.2. The molecule has 5 atom stereocenters. The Morgan fingerprint density at radius 3 is 0.689 bits per heavy atom. The van der Waals surface area contributed by atoms with Crippen LogP contribution < -0.4 is 0 Å². The highest BCUT2D eigenvalue weighted by Crippen LogP contribution is 2.45. The first kappa shape index (κ1) is 88.1. The minimum Gasteiger partial charge on any atom is -0.462 e. The van der Waals surface area contributed by atoms with E-state index in [0.29, 0.717) is 31.6 Å². The average Bonchev–Trinajstić information content (AvgIpc) is 3.52. The van der Waals surface area contributed by atoms with E-state index in [2.05, 4.69) is 55.4 Å². The SMILES string of the molecule is CC(C)CCCCCCCCCCCCCCCC(=O)O[C@H](COC(=O)CCCCCCCCC(C)C)COP(=O)(O)OC[C@H](O)COP(=O)(O)OC[C@@H](COC(=O)CCCCCCCCCCCCC(C)C)OC(=O)CCCCCCCCCCCC(C)C. The van der Waals surface area contributed by atoms with Gasteiger partial charge in [-0.15, -0.1) is 0 Å². The third kappa shape index (κ3) is 64.8. The summed E-state index contributed by atoms with van der Waals surface area (Å²) in [6.07, 6.45) is 43.2. The van der Waals surface area contributed by atoms with Gasteiger partial charge in [-0.25, -0.2) is 9.13 Å². The maximum Gasteiger partial charge on any atom is 0.472 e. The van der Waals surface area contributed by atoms with Gasteiger partial charge in [0.15, 0.2) is 12.2 Å². The number of hydrogen-bond donors (Lipinski definition) is 3. The Hall–Kier alpha value is -1.94. The molecule has 0 saturated carbocycles. The highest BCUT2D eigenvalue weighted by molar-refractivity contribution is 7.47. The van der Waals surface area contributed by atoms with Gasteiger partial charge in [0.25, 0.3) is 0 Å². The molecule has 0 heterocycles. The maximum atomic E-state index is 13.0. The number of aliphatic hydroxyl groups is 1. The van der Waals surface area contributed by atoms with Crippen LogP contribution in [0.1, 0.15) is 351 Å². The van der Waals surface area contributed by atoms with Crippen LogP contribution >= 0.6 is 15.6 Å². The number of rotatable bonds is 68. The first-order valence-corrected chi connectivity index (χ1v) is 39.7. The van der Waals surface area contributed by atoms with E-state index in [9.17, 15) is 43.2 Å². The molecule has 2 unspecified atom stereocenters. The van der Waals surface area contributed by atoms with Crippen molar-refractivity contribution in [3.63, 3.8) is 0 Å². The number of esters is 4. The molecule has 0 spiro atoms. The van der Waals surface area contributed by atoms with Crippen molar-refractivity contribution in [2.75, 3.05) is 39.6 Å². The molecule has 0 amide bonds. The molecule has 0 aromatic rings. The number of hydrogen-bond acceptors (Lipinski definition) is 15. The van der Waals surface area contributed by atoms with Crippen LogP contribution in [0.4, 0.5) is 0 Å².